The molecule has 35 heavy (non-hydrogen) atoms. The lowest BCUT2D eigenvalue weighted by atomic mass is 9.79. The number of aromatic nitrogens is 4. The van der Waals surface area contributed by atoms with Gasteiger partial charge in [-0.3, -0.25) is 9.11 Å². The first-order chi connectivity index (χ1) is 17.0. The summed E-state index contributed by atoms with van der Waals surface area (Å²) in [6, 6.07) is 2.00. The van der Waals surface area contributed by atoms with E-state index in [9.17, 15) is 8.76 Å². The minimum atomic E-state index is -2.15. The summed E-state index contributed by atoms with van der Waals surface area (Å²) in [5, 5.41) is 1.66. The SMILES string of the molecule is COCCOC1CCCN(C(C2CCC(c3[nH]c(C)nc4cnc5nccc5c34)CC2)S(=O)[O-])C1. The summed E-state index contributed by atoms with van der Waals surface area (Å²) < 4.78 is 35.9. The van der Waals surface area contributed by atoms with Gasteiger partial charge in [-0.15, -0.1) is 0 Å². The second-order valence-electron chi connectivity index (χ2n) is 9.82. The zero-order valence-corrected chi connectivity index (χ0v) is 21.3. The molecule has 2 aliphatic rings. The first-order valence-corrected chi connectivity index (χ1v) is 13.7. The third-order valence-electron chi connectivity index (χ3n) is 7.58. The van der Waals surface area contributed by atoms with Gasteiger partial charge < -0.3 is 19.0 Å². The van der Waals surface area contributed by atoms with Crippen LogP contribution in [0.25, 0.3) is 21.9 Å². The van der Waals surface area contributed by atoms with Crippen molar-refractivity contribution in [3.05, 3.63) is 30.0 Å². The number of hydrogen-bond acceptors (Lipinski definition) is 8. The molecule has 3 unspecified atom stereocenters. The van der Waals surface area contributed by atoms with E-state index < -0.39 is 16.5 Å². The Kier molecular flexibility index (Phi) is 7.74. The molecule has 5 rings (SSSR count). The summed E-state index contributed by atoms with van der Waals surface area (Å²) >= 11 is -2.15. The Balaban J connectivity index is 1.32. The molecule has 3 atom stereocenters. The van der Waals surface area contributed by atoms with Crippen LogP contribution < -0.4 is 0 Å². The van der Waals surface area contributed by atoms with E-state index in [1.807, 2.05) is 13.0 Å². The second kappa shape index (κ2) is 11.0. The van der Waals surface area contributed by atoms with E-state index in [-0.39, 0.29) is 12.0 Å². The van der Waals surface area contributed by atoms with Crippen molar-refractivity contribution in [3.8, 4) is 0 Å². The van der Waals surface area contributed by atoms with Crippen LogP contribution in [0.4, 0.5) is 0 Å². The molecule has 2 fully saturated rings. The molecule has 0 spiro atoms. The Morgan fingerprint density at radius 3 is 2.83 bits per heavy atom. The molecule has 3 aromatic heterocycles. The Bertz CT molecular complexity index is 1180. The van der Waals surface area contributed by atoms with Crippen molar-refractivity contribution in [2.45, 2.75) is 62.8 Å². The Morgan fingerprint density at radius 1 is 1.23 bits per heavy atom. The molecule has 4 heterocycles. The van der Waals surface area contributed by atoms with E-state index in [1.165, 1.54) is 5.69 Å². The van der Waals surface area contributed by atoms with E-state index >= 15 is 0 Å². The summed E-state index contributed by atoms with van der Waals surface area (Å²) in [6.45, 7) is 4.54. The van der Waals surface area contributed by atoms with Crippen LogP contribution in [0, 0.1) is 12.8 Å². The molecule has 1 saturated carbocycles. The molecular formula is C25H34N5O4S-. The van der Waals surface area contributed by atoms with Crippen LogP contribution in [0.2, 0.25) is 0 Å². The van der Waals surface area contributed by atoms with Crippen molar-refractivity contribution in [1.29, 1.82) is 0 Å². The maximum Gasteiger partial charge on any atom is 0.159 e. The van der Waals surface area contributed by atoms with Gasteiger partial charge in [0, 0.05) is 36.3 Å². The average molecular weight is 501 g/mol. The Labute approximate surface area is 208 Å². The monoisotopic (exact) mass is 500 g/mol. The zero-order valence-electron chi connectivity index (χ0n) is 20.4. The first kappa shape index (κ1) is 24.7. The zero-order chi connectivity index (χ0) is 24.4. The number of methoxy groups -OCH3 is 1. The number of nitrogens with zero attached hydrogens (tertiary/aromatic N) is 4. The summed E-state index contributed by atoms with van der Waals surface area (Å²) in [6.07, 6.45) is 9.20. The minimum absolute atomic E-state index is 0.0659. The second-order valence-corrected chi connectivity index (χ2v) is 10.8. The molecule has 190 valence electrons. The predicted molar refractivity (Wildman–Crippen MR) is 134 cm³/mol. The molecule has 0 aromatic carbocycles. The van der Waals surface area contributed by atoms with Crippen molar-refractivity contribution >= 4 is 33.0 Å². The molecule has 0 bridgehead atoms. The van der Waals surface area contributed by atoms with Crippen LogP contribution in [0.3, 0.4) is 0 Å². The standard InChI is InChI=1S/C25H35N5O4S/c1-16-28-21-14-27-24-20(9-10-26-24)22(21)23(29-16)17-5-7-18(8-6-17)25(35(31)32)30-11-3-4-19(15-30)34-13-12-33-2/h9-10,14,17-19,25H,3-8,11-13,15H2,1-2H3,(H,28,29)(H,31,32)/p-1. The van der Waals surface area contributed by atoms with Gasteiger partial charge in [-0.2, -0.15) is 0 Å². The van der Waals surface area contributed by atoms with Crippen LogP contribution in [0.5, 0.6) is 0 Å². The maximum atomic E-state index is 12.4. The van der Waals surface area contributed by atoms with Crippen LogP contribution >= 0.6 is 0 Å². The number of piperidine rings is 1. The number of likely N-dealkylation sites (tertiary alicyclic amines) is 1. The molecule has 1 aliphatic heterocycles. The van der Waals surface area contributed by atoms with Crippen LogP contribution in [-0.2, 0) is 20.6 Å². The molecular weight excluding hydrogens is 466 g/mol. The van der Waals surface area contributed by atoms with E-state index in [2.05, 4.69) is 24.8 Å². The smallest absolute Gasteiger partial charge is 0.159 e. The number of pyridine rings is 1. The summed E-state index contributed by atoms with van der Waals surface area (Å²) in [7, 11) is 1.66. The van der Waals surface area contributed by atoms with Crippen molar-refractivity contribution in [2.75, 3.05) is 33.4 Å². The number of nitrogens with one attached hydrogen (secondary N) is 1. The quantitative estimate of drug-likeness (QED) is 0.369. The Hall–Kier alpha value is -1.98. The fourth-order valence-electron chi connectivity index (χ4n) is 5.99. The van der Waals surface area contributed by atoms with Crippen LogP contribution in [0.1, 0.15) is 56.0 Å². The molecule has 9 nitrogen and oxygen atoms in total. The number of H-pyrrole nitrogens is 1. The number of ether oxygens (including phenoxy) is 2. The van der Waals surface area contributed by atoms with Gasteiger partial charge >= 0.3 is 0 Å². The molecule has 0 amide bonds. The van der Waals surface area contributed by atoms with Crippen molar-refractivity contribution in [3.63, 3.8) is 0 Å². The van der Waals surface area contributed by atoms with E-state index in [1.54, 1.807) is 19.5 Å². The molecule has 1 N–H and O–H groups in total. The highest BCUT2D eigenvalue weighted by Gasteiger charge is 2.36. The number of rotatable bonds is 8. The van der Waals surface area contributed by atoms with Gasteiger partial charge in [-0.1, -0.05) is 0 Å². The van der Waals surface area contributed by atoms with Crippen LogP contribution in [-0.4, -0.2) is 78.5 Å². The summed E-state index contributed by atoms with van der Waals surface area (Å²) in [4.78, 5) is 19.2. The Morgan fingerprint density at radius 2 is 2.06 bits per heavy atom. The molecule has 10 heteroatoms. The van der Waals surface area contributed by atoms with Gasteiger partial charge in [0.05, 0.1) is 36.4 Å². The van der Waals surface area contributed by atoms with Crippen molar-refractivity contribution in [1.82, 2.24) is 24.8 Å². The molecule has 3 aromatic rings. The van der Waals surface area contributed by atoms with Crippen molar-refractivity contribution in [2.24, 2.45) is 5.92 Å². The highest BCUT2D eigenvalue weighted by atomic mass is 32.2. The van der Waals surface area contributed by atoms with Gasteiger partial charge in [-0.25, -0.2) is 15.0 Å². The maximum absolute atomic E-state index is 12.4. The molecule has 0 radical (unpaired) electrons. The van der Waals surface area contributed by atoms with Gasteiger partial charge in [0.25, 0.3) is 0 Å². The minimum Gasteiger partial charge on any atom is -0.771 e. The third-order valence-corrected chi connectivity index (χ3v) is 8.65. The largest absolute Gasteiger partial charge is 0.771 e. The highest BCUT2D eigenvalue weighted by molar-refractivity contribution is 7.79. The molecule has 1 aliphatic carbocycles. The van der Waals surface area contributed by atoms with E-state index in [4.69, 9.17) is 9.47 Å². The van der Waals surface area contributed by atoms with Gasteiger partial charge in [0.1, 0.15) is 5.82 Å². The summed E-state index contributed by atoms with van der Waals surface area (Å²) in [5.41, 5.74) is 2.79. The number of aromatic amines is 1. The van der Waals surface area contributed by atoms with Crippen molar-refractivity contribution < 1.29 is 18.2 Å². The average Bonchev–Trinajstić information content (AvgIpc) is 3.33. The van der Waals surface area contributed by atoms with Crippen LogP contribution in [0.15, 0.2) is 18.5 Å². The predicted octanol–water partition coefficient (Wildman–Crippen LogP) is 3.42. The van der Waals surface area contributed by atoms with Gasteiger partial charge in [-0.05, 0) is 81.0 Å². The normalized spacial score (nSPS) is 25.7. The van der Waals surface area contributed by atoms with E-state index in [0.717, 1.165) is 72.8 Å². The highest BCUT2D eigenvalue weighted by Crippen LogP contribution is 2.41. The van der Waals surface area contributed by atoms with E-state index in [0.29, 0.717) is 25.7 Å². The summed E-state index contributed by atoms with van der Waals surface area (Å²) in [5.74, 6) is 1.31. The molecule has 1 saturated heterocycles. The fourth-order valence-corrected chi connectivity index (χ4v) is 7.01. The number of fused-ring (bicyclic) bond motifs is 3. The lowest BCUT2D eigenvalue weighted by molar-refractivity contribution is -0.0290. The first-order valence-electron chi connectivity index (χ1n) is 12.6. The fraction of sp³-hybridized carbons (Fsp3) is 0.640. The third kappa shape index (κ3) is 5.27. The van der Waals surface area contributed by atoms with Gasteiger partial charge in [0.15, 0.2) is 5.65 Å². The number of hydrogen-bond donors (Lipinski definition) is 1. The number of aryl methyl sites for hydroxylation is 1. The lowest BCUT2D eigenvalue weighted by Gasteiger charge is -2.44. The lowest BCUT2D eigenvalue weighted by Crippen LogP contribution is -2.51. The topological polar surface area (TPSA) is 116 Å². The van der Waals surface area contributed by atoms with Gasteiger partial charge in [0.2, 0.25) is 0 Å².